The van der Waals surface area contributed by atoms with Gasteiger partial charge in [-0.05, 0) is 23.6 Å². The van der Waals surface area contributed by atoms with Crippen LogP contribution in [-0.4, -0.2) is 37.6 Å². The lowest BCUT2D eigenvalue weighted by molar-refractivity contribution is -0.120. The molecule has 152 valence electrons. The average Bonchev–Trinajstić information content (AvgIpc) is 3.01. The van der Waals surface area contributed by atoms with Gasteiger partial charge < -0.3 is 26.7 Å². The van der Waals surface area contributed by atoms with Gasteiger partial charge in [-0.15, -0.1) is 10.2 Å². The van der Waals surface area contributed by atoms with Crippen molar-refractivity contribution >= 4 is 40.2 Å². The SMILES string of the molecule is Cn1ccc2c(Nc3nc(N[C@@H](C(N)=O)C(C)(C)C)nnc3C(N)=O)cccc21. The van der Waals surface area contributed by atoms with E-state index in [0.29, 0.717) is 0 Å². The monoisotopic (exact) mass is 396 g/mol. The molecule has 0 aliphatic carbocycles. The Kier molecular flexibility index (Phi) is 5.10. The molecule has 0 bridgehead atoms. The lowest BCUT2D eigenvalue weighted by Crippen LogP contribution is -2.45. The highest BCUT2D eigenvalue weighted by molar-refractivity contribution is 5.99. The van der Waals surface area contributed by atoms with E-state index in [1.807, 2.05) is 62.8 Å². The minimum absolute atomic E-state index is 0.0523. The number of primary amides is 2. The molecule has 10 nitrogen and oxygen atoms in total. The van der Waals surface area contributed by atoms with Crippen LogP contribution in [0.1, 0.15) is 31.3 Å². The van der Waals surface area contributed by atoms with Crippen LogP contribution in [0.2, 0.25) is 0 Å². The van der Waals surface area contributed by atoms with E-state index in [-0.39, 0.29) is 17.5 Å². The number of fused-ring (bicyclic) bond motifs is 1. The summed E-state index contributed by atoms with van der Waals surface area (Å²) in [6.07, 6.45) is 1.93. The Bertz CT molecular complexity index is 1080. The molecule has 0 fully saturated rings. The summed E-state index contributed by atoms with van der Waals surface area (Å²) >= 11 is 0. The molecule has 1 aromatic carbocycles. The number of nitrogens with two attached hydrogens (primary N) is 2. The molecule has 0 aliphatic rings. The van der Waals surface area contributed by atoms with Crippen LogP contribution in [0.25, 0.3) is 10.9 Å². The van der Waals surface area contributed by atoms with Gasteiger partial charge >= 0.3 is 0 Å². The molecular weight excluding hydrogens is 372 g/mol. The zero-order valence-electron chi connectivity index (χ0n) is 16.7. The third kappa shape index (κ3) is 4.10. The van der Waals surface area contributed by atoms with E-state index in [9.17, 15) is 9.59 Å². The fourth-order valence-corrected chi connectivity index (χ4v) is 3.02. The second-order valence-corrected chi connectivity index (χ2v) is 7.83. The minimum Gasteiger partial charge on any atom is -0.368 e. The molecule has 0 saturated carbocycles. The topological polar surface area (TPSA) is 154 Å². The molecule has 2 heterocycles. The Morgan fingerprint density at radius 1 is 1.14 bits per heavy atom. The summed E-state index contributed by atoms with van der Waals surface area (Å²) in [6.45, 7) is 5.57. The van der Waals surface area contributed by atoms with Crippen LogP contribution in [0.4, 0.5) is 17.5 Å². The van der Waals surface area contributed by atoms with Gasteiger partial charge in [-0.2, -0.15) is 4.98 Å². The second-order valence-electron chi connectivity index (χ2n) is 7.83. The maximum absolute atomic E-state index is 11.8. The number of carbonyl (C=O) groups excluding carboxylic acids is 2. The summed E-state index contributed by atoms with van der Waals surface area (Å²) in [4.78, 5) is 28.0. The van der Waals surface area contributed by atoms with E-state index in [2.05, 4.69) is 25.8 Å². The number of nitrogens with zero attached hydrogens (tertiary/aromatic N) is 4. The summed E-state index contributed by atoms with van der Waals surface area (Å²) in [5.41, 5.74) is 12.1. The van der Waals surface area contributed by atoms with Crippen LogP contribution in [0.15, 0.2) is 30.5 Å². The fraction of sp³-hybridized carbons (Fsp3) is 0.316. The molecule has 3 aromatic rings. The number of carbonyl (C=O) groups is 2. The van der Waals surface area contributed by atoms with Gasteiger partial charge in [0.1, 0.15) is 6.04 Å². The normalized spacial score (nSPS) is 12.6. The second kappa shape index (κ2) is 7.38. The number of anilines is 3. The van der Waals surface area contributed by atoms with E-state index in [0.717, 1.165) is 16.6 Å². The Hall–Kier alpha value is -3.69. The molecule has 29 heavy (non-hydrogen) atoms. The van der Waals surface area contributed by atoms with Gasteiger partial charge in [0.2, 0.25) is 11.9 Å². The first-order chi connectivity index (χ1) is 13.6. The van der Waals surface area contributed by atoms with Crippen molar-refractivity contribution in [3.05, 3.63) is 36.2 Å². The number of amides is 2. The van der Waals surface area contributed by atoms with E-state index in [1.165, 1.54) is 0 Å². The van der Waals surface area contributed by atoms with Crippen LogP contribution in [0.5, 0.6) is 0 Å². The molecular formula is C19H24N8O2. The largest absolute Gasteiger partial charge is 0.368 e. The molecule has 10 heteroatoms. The molecule has 6 N–H and O–H groups in total. The number of aromatic nitrogens is 4. The smallest absolute Gasteiger partial charge is 0.273 e. The molecule has 2 aromatic heterocycles. The molecule has 0 radical (unpaired) electrons. The lowest BCUT2D eigenvalue weighted by Gasteiger charge is -2.28. The van der Waals surface area contributed by atoms with Gasteiger partial charge in [-0.3, -0.25) is 9.59 Å². The number of nitrogens with one attached hydrogen (secondary N) is 2. The van der Waals surface area contributed by atoms with Crippen molar-refractivity contribution in [1.29, 1.82) is 0 Å². The third-order valence-electron chi connectivity index (χ3n) is 4.53. The number of rotatable bonds is 6. The predicted molar refractivity (Wildman–Crippen MR) is 111 cm³/mol. The lowest BCUT2D eigenvalue weighted by atomic mass is 9.86. The Labute approximate surface area is 167 Å². The summed E-state index contributed by atoms with van der Waals surface area (Å²) in [5.74, 6) is -1.15. The maximum atomic E-state index is 11.8. The standard InChI is InChI=1S/C19H24N8O2/c1-19(2,3)14(16(21)29)23-18-24-17(13(15(20)28)25-26-18)22-11-6-5-7-12-10(11)8-9-27(12)4/h5-9,14H,1-4H3,(H2,20,28)(H2,21,29)(H2,22,23,24,26)/t14-/m0/s1. The highest BCUT2D eigenvalue weighted by Crippen LogP contribution is 2.28. The molecule has 1 atom stereocenters. The van der Waals surface area contributed by atoms with Crippen molar-refractivity contribution in [2.45, 2.75) is 26.8 Å². The fourth-order valence-electron chi connectivity index (χ4n) is 3.02. The first-order valence-corrected chi connectivity index (χ1v) is 8.99. The molecule has 0 spiro atoms. The van der Waals surface area contributed by atoms with E-state index < -0.39 is 23.3 Å². The molecule has 3 rings (SSSR count). The van der Waals surface area contributed by atoms with Crippen LogP contribution >= 0.6 is 0 Å². The van der Waals surface area contributed by atoms with E-state index in [4.69, 9.17) is 11.5 Å². The molecule has 2 amide bonds. The predicted octanol–water partition coefficient (Wildman–Crippen LogP) is 1.52. The zero-order chi connectivity index (χ0) is 21.3. The van der Waals surface area contributed by atoms with Crippen molar-refractivity contribution in [2.75, 3.05) is 10.6 Å². The van der Waals surface area contributed by atoms with Crippen molar-refractivity contribution in [3.63, 3.8) is 0 Å². The molecule has 0 saturated heterocycles. The highest BCUT2D eigenvalue weighted by Gasteiger charge is 2.30. The van der Waals surface area contributed by atoms with E-state index >= 15 is 0 Å². The Morgan fingerprint density at radius 2 is 1.86 bits per heavy atom. The van der Waals surface area contributed by atoms with E-state index in [1.54, 1.807) is 0 Å². The molecule has 0 unspecified atom stereocenters. The summed E-state index contributed by atoms with van der Waals surface area (Å²) in [5, 5.41) is 14.7. The van der Waals surface area contributed by atoms with Crippen LogP contribution in [0, 0.1) is 5.41 Å². The Morgan fingerprint density at radius 3 is 2.48 bits per heavy atom. The van der Waals surface area contributed by atoms with Crippen molar-refractivity contribution in [2.24, 2.45) is 23.9 Å². The molecule has 0 aliphatic heterocycles. The van der Waals surface area contributed by atoms with Crippen molar-refractivity contribution in [1.82, 2.24) is 19.7 Å². The van der Waals surface area contributed by atoms with Crippen LogP contribution in [-0.2, 0) is 11.8 Å². The van der Waals surface area contributed by atoms with Crippen molar-refractivity contribution < 1.29 is 9.59 Å². The summed E-state index contributed by atoms with van der Waals surface area (Å²) in [7, 11) is 1.94. The first kappa shape index (κ1) is 20.1. The van der Waals surface area contributed by atoms with Crippen LogP contribution < -0.4 is 22.1 Å². The van der Waals surface area contributed by atoms with Crippen molar-refractivity contribution in [3.8, 4) is 0 Å². The van der Waals surface area contributed by atoms with Gasteiger partial charge in [0.05, 0.1) is 0 Å². The summed E-state index contributed by atoms with van der Waals surface area (Å²) < 4.78 is 1.97. The first-order valence-electron chi connectivity index (χ1n) is 8.99. The average molecular weight is 396 g/mol. The highest BCUT2D eigenvalue weighted by atomic mass is 16.1. The van der Waals surface area contributed by atoms with Crippen LogP contribution in [0.3, 0.4) is 0 Å². The quantitative estimate of drug-likeness (QED) is 0.492. The Balaban J connectivity index is 2.01. The van der Waals surface area contributed by atoms with Gasteiger partial charge in [-0.1, -0.05) is 26.8 Å². The van der Waals surface area contributed by atoms with Gasteiger partial charge in [0.15, 0.2) is 11.5 Å². The third-order valence-corrected chi connectivity index (χ3v) is 4.53. The van der Waals surface area contributed by atoms with Gasteiger partial charge in [-0.25, -0.2) is 0 Å². The number of hydrogen-bond donors (Lipinski definition) is 4. The number of benzene rings is 1. The summed E-state index contributed by atoms with van der Waals surface area (Å²) in [6, 6.07) is 6.91. The zero-order valence-corrected chi connectivity index (χ0v) is 16.7. The maximum Gasteiger partial charge on any atom is 0.273 e. The minimum atomic E-state index is -0.776. The van der Waals surface area contributed by atoms with Gasteiger partial charge in [0.25, 0.3) is 5.91 Å². The number of aryl methyl sites for hydroxylation is 1. The number of hydrogen-bond acceptors (Lipinski definition) is 7. The van der Waals surface area contributed by atoms with Gasteiger partial charge in [0, 0.05) is 29.8 Å².